The van der Waals surface area contributed by atoms with Crippen LogP contribution in [0.2, 0.25) is 0 Å². The smallest absolute Gasteiger partial charge is 0.216 e. The van der Waals surface area contributed by atoms with Crippen LogP contribution in [0.4, 0.5) is 5.69 Å². The number of anilines is 1. The largest absolute Gasteiger partial charge is 0.397 e. The summed E-state index contributed by atoms with van der Waals surface area (Å²) in [5, 5.41) is 2.67. The van der Waals surface area contributed by atoms with E-state index in [1.807, 2.05) is 6.92 Å². The molecule has 0 saturated heterocycles. The Morgan fingerprint density at radius 3 is 2.94 bits per heavy atom. The van der Waals surface area contributed by atoms with E-state index in [4.69, 9.17) is 5.73 Å². The molecule has 0 unspecified atom stereocenters. The van der Waals surface area contributed by atoms with E-state index in [2.05, 4.69) is 22.1 Å². The predicted molar refractivity (Wildman–Crippen MR) is 63.6 cm³/mol. The number of carbonyl (C=O) groups is 1. The van der Waals surface area contributed by atoms with Gasteiger partial charge < -0.3 is 11.1 Å². The number of amides is 1. The molecule has 84 valence electrons. The number of rotatable bonds is 2. The molecule has 1 heterocycles. The highest BCUT2D eigenvalue weighted by atomic mass is 16.1. The Labute approximate surface area is 95.3 Å². The molecule has 0 spiro atoms. The molecule has 0 atom stereocenters. The molecule has 0 aliphatic heterocycles. The van der Waals surface area contributed by atoms with Crippen LogP contribution in [-0.4, -0.2) is 17.4 Å². The highest BCUT2D eigenvalue weighted by Gasteiger charge is 1.94. The van der Waals surface area contributed by atoms with E-state index in [9.17, 15) is 4.79 Å². The van der Waals surface area contributed by atoms with Crippen molar-refractivity contribution in [3.8, 4) is 11.8 Å². The second-order valence-corrected chi connectivity index (χ2v) is 3.41. The lowest BCUT2D eigenvalue weighted by atomic mass is 10.2. The lowest BCUT2D eigenvalue weighted by molar-refractivity contribution is -0.118. The van der Waals surface area contributed by atoms with Crippen molar-refractivity contribution in [2.24, 2.45) is 0 Å². The Morgan fingerprint density at radius 2 is 2.31 bits per heavy atom. The van der Waals surface area contributed by atoms with E-state index < -0.39 is 0 Å². The van der Waals surface area contributed by atoms with E-state index in [1.54, 1.807) is 12.1 Å². The number of aryl methyl sites for hydroxylation is 1. The van der Waals surface area contributed by atoms with Crippen LogP contribution in [0.15, 0.2) is 12.1 Å². The highest BCUT2D eigenvalue weighted by molar-refractivity contribution is 5.72. The fraction of sp³-hybridized carbons (Fsp3) is 0.333. The summed E-state index contributed by atoms with van der Waals surface area (Å²) in [5.74, 6) is 5.82. The van der Waals surface area contributed by atoms with Gasteiger partial charge in [0, 0.05) is 19.9 Å². The summed E-state index contributed by atoms with van der Waals surface area (Å²) in [5.41, 5.74) is 7.80. The zero-order chi connectivity index (χ0) is 12.0. The zero-order valence-electron chi connectivity index (χ0n) is 9.50. The topological polar surface area (TPSA) is 68.0 Å². The second kappa shape index (κ2) is 5.76. The molecule has 0 saturated carbocycles. The van der Waals surface area contributed by atoms with Gasteiger partial charge in [0.1, 0.15) is 5.69 Å². The van der Waals surface area contributed by atoms with Gasteiger partial charge in [-0.05, 0) is 25.0 Å². The lowest BCUT2D eigenvalue weighted by Crippen LogP contribution is -2.20. The molecule has 3 N–H and O–H groups in total. The van der Waals surface area contributed by atoms with Gasteiger partial charge >= 0.3 is 0 Å². The third-order valence-electron chi connectivity index (χ3n) is 1.97. The second-order valence-electron chi connectivity index (χ2n) is 3.41. The molecule has 1 aromatic heterocycles. The SMILES string of the molecule is CC(=O)NCCC#Cc1ccc(N)c(C)n1. The van der Waals surface area contributed by atoms with Gasteiger partial charge in [-0.1, -0.05) is 5.92 Å². The molecule has 1 amide bonds. The number of pyridine rings is 1. The van der Waals surface area contributed by atoms with Crippen molar-refractivity contribution in [2.75, 3.05) is 12.3 Å². The van der Waals surface area contributed by atoms with Crippen LogP contribution in [0.3, 0.4) is 0 Å². The van der Waals surface area contributed by atoms with Crippen molar-refractivity contribution in [3.63, 3.8) is 0 Å². The molecular formula is C12H15N3O. The van der Waals surface area contributed by atoms with Crippen molar-refractivity contribution < 1.29 is 4.79 Å². The van der Waals surface area contributed by atoms with E-state index >= 15 is 0 Å². The Morgan fingerprint density at radius 1 is 1.56 bits per heavy atom. The highest BCUT2D eigenvalue weighted by Crippen LogP contribution is 2.06. The summed E-state index contributed by atoms with van der Waals surface area (Å²) < 4.78 is 0. The molecule has 4 heteroatoms. The quantitative estimate of drug-likeness (QED) is 0.570. The predicted octanol–water partition coefficient (Wildman–Crippen LogP) is 0.850. The number of nitrogens with two attached hydrogens (primary N) is 1. The molecule has 0 aliphatic rings. The number of carbonyl (C=O) groups excluding carboxylic acids is 1. The van der Waals surface area contributed by atoms with Gasteiger partial charge in [-0.15, -0.1) is 0 Å². The fourth-order valence-corrected chi connectivity index (χ4v) is 1.10. The molecule has 0 bridgehead atoms. The first-order valence-electron chi connectivity index (χ1n) is 5.06. The lowest BCUT2D eigenvalue weighted by Gasteiger charge is -1.98. The minimum atomic E-state index is -0.0387. The molecule has 16 heavy (non-hydrogen) atoms. The monoisotopic (exact) mass is 217 g/mol. The number of hydrogen-bond donors (Lipinski definition) is 2. The van der Waals surface area contributed by atoms with Gasteiger partial charge in [0.25, 0.3) is 0 Å². The van der Waals surface area contributed by atoms with Gasteiger partial charge in [0.05, 0.1) is 11.4 Å². The van der Waals surface area contributed by atoms with Crippen LogP contribution in [0, 0.1) is 18.8 Å². The summed E-state index contributed by atoms with van der Waals surface area (Å²) in [6.45, 7) is 3.90. The Kier molecular flexibility index (Phi) is 4.34. The first-order chi connectivity index (χ1) is 7.59. The summed E-state index contributed by atoms with van der Waals surface area (Å²) in [6.07, 6.45) is 0.616. The number of nitrogens with one attached hydrogen (secondary N) is 1. The van der Waals surface area contributed by atoms with Crippen LogP contribution < -0.4 is 11.1 Å². The Hall–Kier alpha value is -2.02. The summed E-state index contributed by atoms with van der Waals surface area (Å²) >= 11 is 0. The number of hydrogen-bond acceptors (Lipinski definition) is 3. The molecule has 0 aromatic carbocycles. The van der Waals surface area contributed by atoms with E-state index in [0.29, 0.717) is 24.3 Å². The Balaban J connectivity index is 2.50. The van der Waals surface area contributed by atoms with Gasteiger partial charge in [-0.25, -0.2) is 4.98 Å². The van der Waals surface area contributed by atoms with Crippen molar-refractivity contribution in [3.05, 3.63) is 23.5 Å². The average Bonchev–Trinajstić information content (AvgIpc) is 2.22. The molecule has 1 rings (SSSR count). The van der Waals surface area contributed by atoms with Crippen LogP contribution >= 0.6 is 0 Å². The fourth-order valence-electron chi connectivity index (χ4n) is 1.10. The van der Waals surface area contributed by atoms with Crippen molar-refractivity contribution in [1.82, 2.24) is 10.3 Å². The van der Waals surface area contributed by atoms with Crippen LogP contribution in [0.5, 0.6) is 0 Å². The van der Waals surface area contributed by atoms with Gasteiger partial charge in [0.15, 0.2) is 0 Å². The molecule has 4 nitrogen and oxygen atoms in total. The van der Waals surface area contributed by atoms with Crippen molar-refractivity contribution >= 4 is 11.6 Å². The summed E-state index contributed by atoms with van der Waals surface area (Å²) in [6, 6.07) is 3.58. The standard InChI is InChI=1S/C12H15N3O/c1-9-12(13)7-6-11(15-9)5-3-4-8-14-10(2)16/h6-7H,4,8,13H2,1-2H3,(H,14,16). The third kappa shape index (κ3) is 4.01. The van der Waals surface area contributed by atoms with Crippen molar-refractivity contribution in [2.45, 2.75) is 20.3 Å². The summed E-state index contributed by atoms with van der Waals surface area (Å²) in [7, 11) is 0. The minimum Gasteiger partial charge on any atom is -0.397 e. The van der Waals surface area contributed by atoms with Crippen LogP contribution in [0.1, 0.15) is 24.7 Å². The summed E-state index contributed by atoms with van der Waals surface area (Å²) in [4.78, 5) is 14.8. The number of aromatic nitrogens is 1. The zero-order valence-corrected chi connectivity index (χ0v) is 9.50. The number of nitrogens with zero attached hydrogens (tertiary/aromatic N) is 1. The molecule has 1 aromatic rings. The maximum atomic E-state index is 10.6. The van der Waals surface area contributed by atoms with Crippen LogP contribution in [0.25, 0.3) is 0 Å². The van der Waals surface area contributed by atoms with Gasteiger partial charge in [-0.3, -0.25) is 4.79 Å². The van der Waals surface area contributed by atoms with E-state index in [0.717, 1.165) is 5.69 Å². The Bertz CT molecular complexity index is 443. The first-order valence-corrected chi connectivity index (χ1v) is 5.06. The maximum Gasteiger partial charge on any atom is 0.216 e. The van der Waals surface area contributed by atoms with E-state index in [-0.39, 0.29) is 5.91 Å². The third-order valence-corrected chi connectivity index (χ3v) is 1.97. The average molecular weight is 217 g/mol. The maximum absolute atomic E-state index is 10.6. The first kappa shape index (κ1) is 12.1. The molecule has 0 aliphatic carbocycles. The molecule has 0 radical (unpaired) electrons. The number of nitrogen functional groups attached to an aromatic ring is 1. The van der Waals surface area contributed by atoms with Gasteiger partial charge in [0.2, 0.25) is 5.91 Å². The van der Waals surface area contributed by atoms with Crippen molar-refractivity contribution in [1.29, 1.82) is 0 Å². The van der Waals surface area contributed by atoms with Crippen LogP contribution in [-0.2, 0) is 4.79 Å². The molecular weight excluding hydrogens is 202 g/mol. The van der Waals surface area contributed by atoms with E-state index in [1.165, 1.54) is 6.92 Å². The minimum absolute atomic E-state index is 0.0387. The molecule has 0 fully saturated rings. The van der Waals surface area contributed by atoms with Gasteiger partial charge in [-0.2, -0.15) is 0 Å². The normalized spacial score (nSPS) is 9.12.